The minimum atomic E-state index is -0.689. The first-order valence-corrected chi connectivity index (χ1v) is 7.82. The van der Waals surface area contributed by atoms with Gasteiger partial charge in [0.05, 0.1) is 13.2 Å². The Bertz CT molecular complexity index is 362. The van der Waals surface area contributed by atoms with Gasteiger partial charge in [-0.15, -0.1) is 0 Å². The first kappa shape index (κ1) is 22.5. The molecule has 0 aromatic carbocycles. The average molecular weight is 346 g/mol. The second-order valence-electron chi connectivity index (χ2n) is 5.69. The SMILES string of the molecule is CC(OCCN(C)C)OC(=O)C=CC(=O)OC(C)OCCN(C)C. The lowest BCUT2D eigenvalue weighted by Crippen LogP contribution is -2.24. The van der Waals surface area contributed by atoms with Crippen molar-refractivity contribution in [3.05, 3.63) is 12.2 Å². The van der Waals surface area contributed by atoms with Crippen LogP contribution >= 0.6 is 0 Å². The number of hydrogen-bond donors (Lipinski definition) is 0. The topological polar surface area (TPSA) is 77.5 Å². The summed E-state index contributed by atoms with van der Waals surface area (Å²) in [7, 11) is 7.67. The van der Waals surface area contributed by atoms with Crippen molar-refractivity contribution in [2.24, 2.45) is 0 Å². The van der Waals surface area contributed by atoms with Crippen molar-refractivity contribution in [2.45, 2.75) is 26.4 Å². The molecule has 0 rings (SSSR count). The maximum atomic E-state index is 11.5. The van der Waals surface area contributed by atoms with Gasteiger partial charge in [-0.1, -0.05) is 0 Å². The molecule has 0 fully saturated rings. The Morgan fingerprint density at radius 2 is 1.12 bits per heavy atom. The lowest BCUT2D eigenvalue weighted by atomic mass is 10.5. The zero-order valence-corrected chi connectivity index (χ0v) is 15.5. The molecule has 24 heavy (non-hydrogen) atoms. The average Bonchev–Trinajstić information content (AvgIpc) is 2.44. The van der Waals surface area contributed by atoms with Gasteiger partial charge in [-0.3, -0.25) is 0 Å². The van der Waals surface area contributed by atoms with Crippen molar-refractivity contribution in [1.82, 2.24) is 9.80 Å². The largest absolute Gasteiger partial charge is 0.433 e. The van der Waals surface area contributed by atoms with Crippen LogP contribution in [0.2, 0.25) is 0 Å². The molecule has 8 nitrogen and oxygen atoms in total. The van der Waals surface area contributed by atoms with Gasteiger partial charge >= 0.3 is 11.9 Å². The van der Waals surface area contributed by atoms with E-state index >= 15 is 0 Å². The minimum Gasteiger partial charge on any atom is -0.433 e. The highest BCUT2D eigenvalue weighted by Crippen LogP contribution is 1.98. The molecule has 0 spiro atoms. The van der Waals surface area contributed by atoms with E-state index < -0.39 is 24.5 Å². The summed E-state index contributed by atoms with van der Waals surface area (Å²) >= 11 is 0. The summed E-state index contributed by atoms with van der Waals surface area (Å²) in [5, 5.41) is 0. The van der Waals surface area contributed by atoms with Gasteiger partial charge < -0.3 is 28.7 Å². The molecular weight excluding hydrogens is 316 g/mol. The van der Waals surface area contributed by atoms with Crippen molar-refractivity contribution in [3.63, 3.8) is 0 Å². The summed E-state index contributed by atoms with van der Waals surface area (Å²) < 4.78 is 20.5. The highest BCUT2D eigenvalue weighted by Gasteiger charge is 2.10. The lowest BCUT2D eigenvalue weighted by molar-refractivity contribution is -0.172. The number of hydrogen-bond acceptors (Lipinski definition) is 8. The highest BCUT2D eigenvalue weighted by molar-refractivity contribution is 5.91. The number of nitrogens with zero attached hydrogens (tertiary/aromatic N) is 2. The van der Waals surface area contributed by atoms with E-state index in [-0.39, 0.29) is 0 Å². The first-order valence-electron chi connectivity index (χ1n) is 7.82. The van der Waals surface area contributed by atoms with Crippen LogP contribution in [0.4, 0.5) is 0 Å². The molecule has 0 N–H and O–H groups in total. The lowest BCUT2D eigenvalue weighted by Gasteiger charge is -2.15. The molecule has 0 aliphatic carbocycles. The summed E-state index contributed by atoms with van der Waals surface area (Å²) in [5.74, 6) is -1.35. The molecule has 0 heterocycles. The molecule has 2 unspecified atom stereocenters. The molecule has 0 aliphatic heterocycles. The van der Waals surface area contributed by atoms with E-state index in [0.29, 0.717) is 13.2 Å². The predicted molar refractivity (Wildman–Crippen MR) is 89.3 cm³/mol. The smallest absolute Gasteiger partial charge is 0.333 e. The Kier molecular flexibility index (Phi) is 12.1. The van der Waals surface area contributed by atoms with Crippen LogP contribution in [-0.2, 0) is 28.5 Å². The van der Waals surface area contributed by atoms with E-state index in [2.05, 4.69) is 0 Å². The van der Waals surface area contributed by atoms with Gasteiger partial charge in [0.15, 0.2) is 0 Å². The van der Waals surface area contributed by atoms with Gasteiger partial charge in [-0.05, 0) is 42.0 Å². The monoisotopic (exact) mass is 346 g/mol. The van der Waals surface area contributed by atoms with Crippen LogP contribution in [0, 0.1) is 0 Å². The fraction of sp³-hybridized carbons (Fsp3) is 0.750. The van der Waals surface area contributed by atoms with Crippen LogP contribution in [0.25, 0.3) is 0 Å². The molecule has 140 valence electrons. The number of ether oxygens (including phenoxy) is 4. The molecule has 0 aromatic heterocycles. The van der Waals surface area contributed by atoms with Gasteiger partial charge in [-0.25, -0.2) is 9.59 Å². The van der Waals surface area contributed by atoms with E-state index in [0.717, 1.165) is 25.2 Å². The molecule has 0 bridgehead atoms. The fourth-order valence-electron chi connectivity index (χ4n) is 1.41. The minimum absolute atomic E-state index is 0.439. The first-order chi connectivity index (χ1) is 11.2. The summed E-state index contributed by atoms with van der Waals surface area (Å²) in [6, 6.07) is 0. The van der Waals surface area contributed by atoms with Crippen LogP contribution in [0.1, 0.15) is 13.8 Å². The third kappa shape index (κ3) is 14.1. The molecular formula is C16H30N2O6. The Morgan fingerprint density at radius 1 is 0.792 bits per heavy atom. The molecule has 0 aliphatic rings. The van der Waals surface area contributed by atoms with Gasteiger partial charge in [0, 0.05) is 25.2 Å². The Labute approximate surface area is 144 Å². The zero-order valence-electron chi connectivity index (χ0n) is 15.5. The van der Waals surface area contributed by atoms with Crippen LogP contribution in [0.3, 0.4) is 0 Å². The molecule has 2 atom stereocenters. The highest BCUT2D eigenvalue weighted by atomic mass is 16.7. The Balaban J connectivity index is 3.96. The second-order valence-corrected chi connectivity index (χ2v) is 5.69. The van der Waals surface area contributed by atoms with E-state index in [9.17, 15) is 9.59 Å². The third-order valence-corrected chi connectivity index (χ3v) is 2.70. The quantitative estimate of drug-likeness (QED) is 0.287. The van der Waals surface area contributed by atoms with Gasteiger partial charge in [0.25, 0.3) is 0 Å². The van der Waals surface area contributed by atoms with Crippen LogP contribution in [-0.4, -0.2) is 88.8 Å². The molecule has 0 radical (unpaired) electrons. The maximum absolute atomic E-state index is 11.5. The van der Waals surface area contributed by atoms with Gasteiger partial charge in [0.1, 0.15) is 0 Å². The van der Waals surface area contributed by atoms with E-state index in [1.807, 2.05) is 38.0 Å². The number of carbonyl (C=O) groups is 2. The maximum Gasteiger partial charge on any atom is 0.333 e. The molecule has 0 amide bonds. The van der Waals surface area contributed by atoms with E-state index in [1.165, 1.54) is 0 Å². The van der Waals surface area contributed by atoms with Crippen molar-refractivity contribution in [2.75, 3.05) is 54.5 Å². The molecule has 0 aromatic rings. The zero-order chi connectivity index (χ0) is 18.5. The van der Waals surface area contributed by atoms with Crippen molar-refractivity contribution >= 4 is 11.9 Å². The standard InChI is InChI=1S/C16H30N2O6/c1-13(21-11-9-17(3)4)23-15(19)7-8-16(20)24-14(2)22-12-10-18(5)6/h7-8,13-14H,9-12H2,1-6H3. The number of rotatable bonds is 12. The second kappa shape index (κ2) is 12.9. The van der Waals surface area contributed by atoms with Crippen molar-refractivity contribution in [3.8, 4) is 0 Å². The van der Waals surface area contributed by atoms with Crippen molar-refractivity contribution in [1.29, 1.82) is 0 Å². The van der Waals surface area contributed by atoms with Gasteiger partial charge in [0.2, 0.25) is 12.6 Å². The Morgan fingerprint density at radius 3 is 1.42 bits per heavy atom. The summed E-state index contributed by atoms with van der Waals surface area (Å²) in [4.78, 5) is 27.0. The normalized spacial score (nSPS) is 14.2. The van der Waals surface area contributed by atoms with Crippen molar-refractivity contribution < 1.29 is 28.5 Å². The summed E-state index contributed by atoms with van der Waals surface area (Å²) in [6.07, 6.45) is 0.624. The molecule has 8 heteroatoms. The van der Waals surface area contributed by atoms with E-state index in [1.54, 1.807) is 13.8 Å². The van der Waals surface area contributed by atoms with Crippen LogP contribution < -0.4 is 0 Å². The summed E-state index contributed by atoms with van der Waals surface area (Å²) in [6.45, 7) is 5.54. The number of likely N-dealkylation sites (N-methyl/N-ethyl adjacent to an activating group) is 2. The predicted octanol–water partition coefficient (Wildman–Crippen LogP) is 0.477. The fourth-order valence-corrected chi connectivity index (χ4v) is 1.41. The summed E-state index contributed by atoms with van der Waals surface area (Å²) in [5.41, 5.74) is 0. The number of carbonyl (C=O) groups excluding carboxylic acids is 2. The van der Waals surface area contributed by atoms with Crippen LogP contribution in [0.5, 0.6) is 0 Å². The molecule has 0 saturated carbocycles. The molecule has 0 saturated heterocycles. The Hall–Kier alpha value is -1.48. The number of esters is 2. The third-order valence-electron chi connectivity index (χ3n) is 2.70. The van der Waals surface area contributed by atoms with Gasteiger partial charge in [-0.2, -0.15) is 0 Å². The van der Waals surface area contributed by atoms with Crippen LogP contribution in [0.15, 0.2) is 12.2 Å². The van der Waals surface area contributed by atoms with E-state index in [4.69, 9.17) is 18.9 Å².